The molecule has 3 heterocycles. The molecule has 0 bridgehead atoms. The van der Waals surface area contributed by atoms with Crippen molar-refractivity contribution < 1.29 is 19.1 Å². The van der Waals surface area contributed by atoms with E-state index in [1.807, 2.05) is 9.80 Å². The van der Waals surface area contributed by atoms with Gasteiger partial charge in [-0.25, -0.2) is 0 Å². The van der Waals surface area contributed by atoms with E-state index in [0.717, 1.165) is 45.2 Å². The van der Waals surface area contributed by atoms with Crippen molar-refractivity contribution in [2.24, 2.45) is 5.92 Å². The fraction of sp³-hybridized carbons (Fsp3) is 0.895. The van der Waals surface area contributed by atoms with Gasteiger partial charge in [0.1, 0.15) is 12.2 Å². The normalized spacial score (nSPS) is 25.5. The molecule has 3 rings (SSSR count). The molecule has 6 nitrogen and oxygen atoms in total. The summed E-state index contributed by atoms with van der Waals surface area (Å²) in [4.78, 5) is 28.1. The summed E-state index contributed by atoms with van der Waals surface area (Å²) in [5, 5.41) is 0. The summed E-state index contributed by atoms with van der Waals surface area (Å²) < 4.78 is 11.9. The van der Waals surface area contributed by atoms with Crippen LogP contribution in [-0.2, 0) is 19.1 Å². The highest BCUT2D eigenvalue weighted by atomic mass is 16.5. The average Bonchev–Trinajstić information content (AvgIpc) is 3.10. The van der Waals surface area contributed by atoms with Crippen molar-refractivity contribution in [3.05, 3.63) is 0 Å². The molecule has 142 valence electrons. The topological polar surface area (TPSA) is 59.1 Å². The minimum Gasteiger partial charge on any atom is -0.371 e. The molecule has 3 saturated heterocycles. The van der Waals surface area contributed by atoms with Crippen LogP contribution in [0.15, 0.2) is 0 Å². The second-order valence-electron chi connectivity index (χ2n) is 8.23. The third-order valence-electron chi connectivity index (χ3n) is 5.60. The van der Waals surface area contributed by atoms with Gasteiger partial charge in [0.2, 0.25) is 11.8 Å². The lowest BCUT2D eigenvalue weighted by molar-refractivity contribution is -0.202. The number of amides is 2. The third kappa shape index (κ3) is 4.73. The standard InChI is InChI=1S/C19H32N2O4/c1-15(2)5-6-17(22)21-13-19(14-21)11-16(7-10-25-19)24-12-18(23)20-8-3-4-9-20/h15-16H,3-14H2,1-2H3/t16-/m1/s1. The molecule has 0 aromatic rings. The Labute approximate surface area is 150 Å². The van der Waals surface area contributed by atoms with Crippen LogP contribution in [0.25, 0.3) is 0 Å². The molecule has 1 spiro atoms. The Bertz CT molecular complexity index is 482. The molecule has 0 saturated carbocycles. The first-order valence-corrected chi connectivity index (χ1v) is 9.78. The van der Waals surface area contributed by atoms with E-state index >= 15 is 0 Å². The van der Waals surface area contributed by atoms with Crippen LogP contribution in [0.1, 0.15) is 52.4 Å². The molecule has 1 atom stereocenters. The smallest absolute Gasteiger partial charge is 0.248 e. The van der Waals surface area contributed by atoms with Crippen LogP contribution in [0.5, 0.6) is 0 Å². The van der Waals surface area contributed by atoms with Crippen LogP contribution in [0.2, 0.25) is 0 Å². The summed E-state index contributed by atoms with van der Waals surface area (Å²) in [6.07, 6.45) is 5.45. The van der Waals surface area contributed by atoms with Crippen molar-refractivity contribution in [2.75, 3.05) is 39.4 Å². The Kier molecular flexibility index (Phi) is 6.00. The van der Waals surface area contributed by atoms with E-state index in [9.17, 15) is 9.59 Å². The zero-order valence-electron chi connectivity index (χ0n) is 15.7. The summed E-state index contributed by atoms with van der Waals surface area (Å²) in [6.45, 7) is 8.18. The maximum absolute atomic E-state index is 12.2. The highest BCUT2D eigenvalue weighted by molar-refractivity contribution is 5.78. The van der Waals surface area contributed by atoms with Gasteiger partial charge in [-0.05, 0) is 31.6 Å². The van der Waals surface area contributed by atoms with E-state index in [2.05, 4.69) is 13.8 Å². The molecule has 0 aromatic carbocycles. The number of ether oxygens (including phenoxy) is 2. The Morgan fingerprint density at radius 1 is 1.16 bits per heavy atom. The van der Waals surface area contributed by atoms with E-state index < -0.39 is 0 Å². The highest BCUT2D eigenvalue weighted by Crippen LogP contribution is 2.35. The molecule has 25 heavy (non-hydrogen) atoms. The van der Waals surface area contributed by atoms with E-state index in [-0.39, 0.29) is 30.1 Å². The quantitative estimate of drug-likeness (QED) is 0.732. The Morgan fingerprint density at radius 3 is 2.56 bits per heavy atom. The largest absolute Gasteiger partial charge is 0.371 e. The van der Waals surface area contributed by atoms with Gasteiger partial charge in [0.05, 0.1) is 19.2 Å². The monoisotopic (exact) mass is 352 g/mol. The number of likely N-dealkylation sites (tertiary alicyclic amines) is 2. The van der Waals surface area contributed by atoms with Gasteiger partial charge in [-0.2, -0.15) is 0 Å². The summed E-state index contributed by atoms with van der Waals surface area (Å²) in [7, 11) is 0. The van der Waals surface area contributed by atoms with Gasteiger partial charge >= 0.3 is 0 Å². The fourth-order valence-corrected chi connectivity index (χ4v) is 3.99. The van der Waals surface area contributed by atoms with Crippen molar-refractivity contribution in [3.63, 3.8) is 0 Å². The Morgan fingerprint density at radius 2 is 1.88 bits per heavy atom. The Hall–Kier alpha value is -1.14. The second kappa shape index (κ2) is 8.04. The van der Waals surface area contributed by atoms with Crippen molar-refractivity contribution in [1.29, 1.82) is 0 Å². The van der Waals surface area contributed by atoms with Crippen LogP contribution in [0, 0.1) is 5.92 Å². The van der Waals surface area contributed by atoms with Crippen LogP contribution < -0.4 is 0 Å². The maximum Gasteiger partial charge on any atom is 0.248 e. The number of carbonyl (C=O) groups is 2. The van der Waals surface area contributed by atoms with Gasteiger partial charge < -0.3 is 19.3 Å². The molecule has 0 aromatic heterocycles. The van der Waals surface area contributed by atoms with Gasteiger partial charge in [0.25, 0.3) is 0 Å². The minimum atomic E-state index is -0.243. The minimum absolute atomic E-state index is 0.0632. The molecule has 0 aliphatic carbocycles. The molecule has 3 aliphatic heterocycles. The second-order valence-corrected chi connectivity index (χ2v) is 8.23. The van der Waals surface area contributed by atoms with E-state index in [4.69, 9.17) is 9.47 Å². The molecule has 2 amide bonds. The predicted octanol–water partition coefficient (Wildman–Crippen LogP) is 1.82. The number of hydrogen-bond donors (Lipinski definition) is 0. The molecule has 0 N–H and O–H groups in total. The Balaban J connectivity index is 1.40. The molecule has 3 aliphatic rings. The van der Waals surface area contributed by atoms with Gasteiger partial charge in [-0.1, -0.05) is 13.8 Å². The fourth-order valence-electron chi connectivity index (χ4n) is 3.99. The van der Waals surface area contributed by atoms with E-state index in [1.54, 1.807) is 0 Å². The number of nitrogens with zero attached hydrogens (tertiary/aromatic N) is 2. The average molecular weight is 352 g/mol. The summed E-state index contributed by atoms with van der Waals surface area (Å²) in [6, 6.07) is 0. The summed E-state index contributed by atoms with van der Waals surface area (Å²) in [5.41, 5.74) is -0.243. The lowest BCUT2D eigenvalue weighted by Gasteiger charge is -2.53. The van der Waals surface area contributed by atoms with Crippen LogP contribution in [-0.4, -0.2) is 72.7 Å². The first-order valence-electron chi connectivity index (χ1n) is 9.78. The molecule has 3 fully saturated rings. The number of carbonyl (C=O) groups excluding carboxylic acids is 2. The number of hydrogen-bond acceptors (Lipinski definition) is 4. The van der Waals surface area contributed by atoms with Gasteiger partial charge in [0, 0.05) is 32.5 Å². The van der Waals surface area contributed by atoms with Crippen LogP contribution in [0.4, 0.5) is 0 Å². The van der Waals surface area contributed by atoms with E-state index in [1.165, 1.54) is 0 Å². The van der Waals surface area contributed by atoms with Crippen molar-refractivity contribution >= 4 is 11.8 Å². The molecular formula is C19H32N2O4. The molecule has 0 unspecified atom stereocenters. The first kappa shape index (κ1) is 18.6. The van der Waals surface area contributed by atoms with Crippen LogP contribution in [0.3, 0.4) is 0 Å². The first-order chi connectivity index (χ1) is 12.0. The SMILES string of the molecule is CC(C)CCC(=O)N1CC2(C[C@H](OCC(=O)N3CCCC3)CCO2)C1. The summed E-state index contributed by atoms with van der Waals surface area (Å²) >= 11 is 0. The number of rotatable bonds is 6. The lowest BCUT2D eigenvalue weighted by atomic mass is 9.84. The van der Waals surface area contributed by atoms with Crippen LogP contribution >= 0.6 is 0 Å². The van der Waals surface area contributed by atoms with Gasteiger partial charge in [-0.15, -0.1) is 0 Å². The highest BCUT2D eigenvalue weighted by Gasteiger charge is 2.49. The van der Waals surface area contributed by atoms with Crippen molar-refractivity contribution in [2.45, 2.75) is 64.1 Å². The molecular weight excluding hydrogens is 320 g/mol. The van der Waals surface area contributed by atoms with E-state index in [0.29, 0.717) is 32.0 Å². The molecule has 0 radical (unpaired) electrons. The third-order valence-corrected chi connectivity index (χ3v) is 5.60. The van der Waals surface area contributed by atoms with Gasteiger partial charge in [0.15, 0.2) is 0 Å². The van der Waals surface area contributed by atoms with Gasteiger partial charge in [-0.3, -0.25) is 9.59 Å². The lowest BCUT2D eigenvalue weighted by Crippen LogP contribution is -2.67. The summed E-state index contributed by atoms with van der Waals surface area (Å²) in [5.74, 6) is 0.892. The van der Waals surface area contributed by atoms with Crippen molar-refractivity contribution in [3.8, 4) is 0 Å². The zero-order chi connectivity index (χ0) is 17.9. The maximum atomic E-state index is 12.2. The zero-order valence-corrected chi connectivity index (χ0v) is 15.7. The van der Waals surface area contributed by atoms with Crippen molar-refractivity contribution in [1.82, 2.24) is 9.80 Å². The predicted molar refractivity (Wildman–Crippen MR) is 94.1 cm³/mol. The molecule has 6 heteroatoms.